The van der Waals surface area contributed by atoms with Crippen LogP contribution in [0.15, 0.2) is 73.8 Å². The monoisotopic (exact) mass is 376 g/mol. The third-order valence-corrected chi connectivity index (χ3v) is 4.29. The number of azo groups is 2. The Kier molecular flexibility index (Phi) is 6.26. The van der Waals surface area contributed by atoms with E-state index in [4.69, 9.17) is 0 Å². The third kappa shape index (κ3) is 4.68. The number of benzene rings is 2. The molecule has 7 heteroatoms. The van der Waals surface area contributed by atoms with Gasteiger partial charge in [-0.25, -0.2) is 0 Å². The summed E-state index contributed by atoms with van der Waals surface area (Å²) in [6, 6.07) is 15.3. The minimum absolute atomic E-state index is 0.184. The molecule has 0 atom stereocenters. The number of rotatable bonds is 7. The molecule has 0 aliphatic carbocycles. The van der Waals surface area contributed by atoms with Gasteiger partial charge in [0.25, 0.3) is 5.56 Å². The first kappa shape index (κ1) is 19.4. The summed E-state index contributed by atoms with van der Waals surface area (Å²) in [6.07, 6.45) is 2.82. The number of aromatic nitrogens is 2. The van der Waals surface area contributed by atoms with Crippen molar-refractivity contribution in [3.63, 3.8) is 0 Å². The fourth-order valence-electron chi connectivity index (χ4n) is 2.82. The number of aromatic amines is 1. The van der Waals surface area contributed by atoms with Gasteiger partial charge in [0.15, 0.2) is 5.69 Å². The molecule has 0 saturated carbocycles. The molecule has 1 N–H and O–H groups in total. The van der Waals surface area contributed by atoms with E-state index in [2.05, 4.69) is 44.6 Å². The molecule has 3 aromatic rings. The van der Waals surface area contributed by atoms with Crippen molar-refractivity contribution >= 4 is 22.7 Å². The zero-order chi connectivity index (χ0) is 19.9. The Bertz CT molecular complexity index is 1040. The fourth-order valence-corrected chi connectivity index (χ4v) is 2.82. The van der Waals surface area contributed by atoms with Crippen molar-refractivity contribution in [3.05, 3.63) is 70.1 Å². The molecule has 0 aliphatic heterocycles. The van der Waals surface area contributed by atoms with Crippen LogP contribution in [0.25, 0.3) is 0 Å². The van der Waals surface area contributed by atoms with Crippen LogP contribution in [0.5, 0.6) is 0 Å². The summed E-state index contributed by atoms with van der Waals surface area (Å²) in [5.41, 5.74) is 4.41. The van der Waals surface area contributed by atoms with Crippen LogP contribution in [-0.2, 0) is 19.9 Å². The van der Waals surface area contributed by atoms with Crippen LogP contribution >= 0.6 is 0 Å². The standard InChI is InChI=1S/C21H24N6O/c1-4-7-15-8-6-9-18(14-15)24-22-16-10-12-17(13-11-16)23-25-20-19(5-2)26-27(3)21(20)28/h6,8-14,26H,4-5,7H2,1-3H3. The van der Waals surface area contributed by atoms with Gasteiger partial charge in [0.1, 0.15) is 0 Å². The maximum absolute atomic E-state index is 12.1. The summed E-state index contributed by atoms with van der Waals surface area (Å²) in [5, 5.41) is 19.8. The highest BCUT2D eigenvalue weighted by molar-refractivity contribution is 5.48. The normalized spacial score (nSPS) is 11.7. The number of H-pyrrole nitrogens is 1. The van der Waals surface area contributed by atoms with E-state index in [1.165, 1.54) is 10.2 Å². The smallest absolute Gasteiger partial charge is 0.294 e. The van der Waals surface area contributed by atoms with Gasteiger partial charge >= 0.3 is 0 Å². The minimum atomic E-state index is -0.184. The van der Waals surface area contributed by atoms with Gasteiger partial charge in [-0.05, 0) is 54.8 Å². The lowest BCUT2D eigenvalue weighted by molar-refractivity contribution is 0.723. The Morgan fingerprint density at radius 2 is 1.54 bits per heavy atom. The Morgan fingerprint density at radius 1 is 0.893 bits per heavy atom. The average Bonchev–Trinajstić information content (AvgIpc) is 2.99. The first-order valence-electron chi connectivity index (χ1n) is 9.41. The second-order valence-electron chi connectivity index (χ2n) is 6.49. The third-order valence-electron chi connectivity index (χ3n) is 4.29. The molecule has 7 nitrogen and oxygen atoms in total. The molecular formula is C21H24N6O. The van der Waals surface area contributed by atoms with Gasteiger partial charge in [0.05, 0.1) is 22.8 Å². The summed E-state index contributed by atoms with van der Waals surface area (Å²) in [5.74, 6) is 0. The van der Waals surface area contributed by atoms with Crippen molar-refractivity contribution in [2.24, 2.45) is 27.5 Å². The largest absolute Gasteiger partial charge is 0.298 e. The van der Waals surface area contributed by atoms with Crippen LogP contribution in [0.4, 0.5) is 22.7 Å². The van der Waals surface area contributed by atoms with Gasteiger partial charge < -0.3 is 0 Å². The Balaban J connectivity index is 1.72. The van der Waals surface area contributed by atoms with Crippen LogP contribution in [0.3, 0.4) is 0 Å². The minimum Gasteiger partial charge on any atom is -0.298 e. The van der Waals surface area contributed by atoms with E-state index in [1.54, 1.807) is 19.2 Å². The predicted molar refractivity (Wildman–Crippen MR) is 111 cm³/mol. The van der Waals surface area contributed by atoms with Crippen molar-refractivity contribution in [3.8, 4) is 0 Å². The Hall–Kier alpha value is -3.35. The van der Waals surface area contributed by atoms with E-state index >= 15 is 0 Å². The highest BCUT2D eigenvalue weighted by atomic mass is 16.1. The average molecular weight is 376 g/mol. The maximum Gasteiger partial charge on any atom is 0.294 e. The van der Waals surface area contributed by atoms with Gasteiger partial charge in [0.2, 0.25) is 0 Å². The lowest BCUT2D eigenvalue weighted by Crippen LogP contribution is -2.10. The van der Waals surface area contributed by atoms with Crippen LogP contribution in [-0.4, -0.2) is 9.78 Å². The van der Waals surface area contributed by atoms with Gasteiger partial charge in [-0.3, -0.25) is 14.6 Å². The molecule has 0 bridgehead atoms. The van der Waals surface area contributed by atoms with E-state index in [0.29, 0.717) is 17.8 Å². The van der Waals surface area contributed by atoms with E-state index in [-0.39, 0.29) is 5.56 Å². The first-order chi connectivity index (χ1) is 13.6. The Morgan fingerprint density at radius 3 is 2.18 bits per heavy atom. The van der Waals surface area contributed by atoms with Crippen LogP contribution in [0.2, 0.25) is 0 Å². The lowest BCUT2D eigenvalue weighted by Gasteiger charge is -1.99. The number of nitrogens with zero attached hydrogens (tertiary/aromatic N) is 5. The van der Waals surface area contributed by atoms with Crippen molar-refractivity contribution in [2.45, 2.75) is 33.1 Å². The zero-order valence-corrected chi connectivity index (χ0v) is 16.4. The molecule has 144 valence electrons. The second-order valence-corrected chi connectivity index (χ2v) is 6.49. The number of aryl methyl sites for hydroxylation is 3. The van der Waals surface area contributed by atoms with Crippen molar-refractivity contribution in [1.82, 2.24) is 9.78 Å². The van der Waals surface area contributed by atoms with E-state index in [9.17, 15) is 4.79 Å². The van der Waals surface area contributed by atoms with E-state index in [0.717, 1.165) is 29.9 Å². The van der Waals surface area contributed by atoms with Crippen LogP contribution in [0, 0.1) is 0 Å². The SMILES string of the molecule is CCCc1cccc(N=Nc2ccc(N=Nc3c(CC)[nH]n(C)c3=O)cc2)c1. The summed E-state index contributed by atoms with van der Waals surface area (Å²) in [7, 11) is 1.66. The first-order valence-corrected chi connectivity index (χ1v) is 9.41. The van der Waals surface area contributed by atoms with Crippen molar-refractivity contribution < 1.29 is 0 Å². The molecule has 3 rings (SSSR count). The number of nitrogens with one attached hydrogen (secondary N) is 1. The quantitative estimate of drug-likeness (QED) is 0.499. The molecule has 0 fully saturated rings. The van der Waals surface area contributed by atoms with E-state index < -0.39 is 0 Å². The topological polar surface area (TPSA) is 87.2 Å². The fraction of sp³-hybridized carbons (Fsp3) is 0.286. The van der Waals surface area contributed by atoms with E-state index in [1.807, 2.05) is 31.2 Å². The van der Waals surface area contributed by atoms with Gasteiger partial charge in [-0.15, -0.1) is 5.11 Å². The molecule has 0 aliphatic rings. The molecule has 0 unspecified atom stereocenters. The summed E-state index contributed by atoms with van der Waals surface area (Å²) in [4.78, 5) is 12.1. The summed E-state index contributed by atoms with van der Waals surface area (Å²) >= 11 is 0. The predicted octanol–water partition coefficient (Wildman–Crippen LogP) is 6.06. The lowest BCUT2D eigenvalue weighted by atomic mass is 10.1. The van der Waals surface area contributed by atoms with Crippen molar-refractivity contribution in [1.29, 1.82) is 0 Å². The zero-order valence-electron chi connectivity index (χ0n) is 16.4. The molecule has 0 spiro atoms. The highest BCUT2D eigenvalue weighted by Crippen LogP contribution is 2.24. The van der Waals surface area contributed by atoms with Crippen LogP contribution < -0.4 is 5.56 Å². The molecule has 0 saturated heterocycles. The highest BCUT2D eigenvalue weighted by Gasteiger charge is 2.09. The van der Waals surface area contributed by atoms with Gasteiger partial charge in [-0.2, -0.15) is 15.3 Å². The molecule has 1 heterocycles. The van der Waals surface area contributed by atoms with Gasteiger partial charge in [-0.1, -0.05) is 32.4 Å². The molecule has 0 radical (unpaired) electrons. The van der Waals surface area contributed by atoms with Gasteiger partial charge in [0, 0.05) is 7.05 Å². The molecule has 28 heavy (non-hydrogen) atoms. The maximum atomic E-state index is 12.1. The van der Waals surface area contributed by atoms with Crippen molar-refractivity contribution in [2.75, 3.05) is 0 Å². The second kappa shape index (κ2) is 9.03. The Labute approximate surface area is 163 Å². The molecular weight excluding hydrogens is 352 g/mol. The van der Waals surface area contributed by atoms with Crippen LogP contribution in [0.1, 0.15) is 31.5 Å². The summed E-state index contributed by atoms with van der Waals surface area (Å²) in [6.45, 7) is 4.12. The molecule has 2 aromatic carbocycles. The molecule has 1 aromatic heterocycles. The number of hydrogen-bond acceptors (Lipinski definition) is 5. The molecule has 0 amide bonds. The summed E-state index contributed by atoms with van der Waals surface area (Å²) < 4.78 is 1.41. The number of hydrogen-bond donors (Lipinski definition) is 1.